The largest absolute Gasteiger partial charge is 0.357 e. The van der Waals surface area contributed by atoms with Crippen LogP contribution in [0.5, 0.6) is 0 Å². The molecule has 1 heterocycles. The molecule has 6 heteroatoms. The van der Waals surface area contributed by atoms with E-state index in [-0.39, 0.29) is 0 Å². The zero-order chi connectivity index (χ0) is 10.6. The van der Waals surface area contributed by atoms with Crippen molar-refractivity contribution in [1.29, 1.82) is 5.26 Å². The molecule has 0 radical (unpaired) electrons. The number of nitrogens with zero attached hydrogens (tertiary/aromatic N) is 4. The maximum atomic E-state index is 12.5. The van der Waals surface area contributed by atoms with E-state index in [0.717, 1.165) is 16.2 Å². The molecular formula is C8H9FN4S. The van der Waals surface area contributed by atoms with E-state index in [1.165, 1.54) is 6.20 Å². The van der Waals surface area contributed by atoms with Crippen LogP contribution < -0.4 is 0 Å². The molecule has 0 N–H and O–H groups in total. The average molecular weight is 212 g/mol. The van der Waals surface area contributed by atoms with Gasteiger partial charge in [0.2, 0.25) is 6.19 Å². The molecule has 0 saturated carbocycles. The molecule has 0 aliphatic carbocycles. The summed E-state index contributed by atoms with van der Waals surface area (Å²) in [6.07, 6.45) is 3.18. The number of aliphatic imine (C=N–C) groups is 1. The maximum absolute atomic E-state index is 12.5. The molecule has 1 aromatic rings. The van der Waals surface area contributed by atoms with Gasteiger partial charge in [0.05, 0.1) is 6.54 Å². The van der Waals surface area contributed by atoms with E-state index >= 15 is 0 Å². The highest BCUT2D eigenvalue weighted by Gasteiger charge is 2.05. The normalized spacial score (nSPS) is 11.1. The monoisotopic (exact) mass is 212 g/mol. The van der Waals surface area contributed by atoms with Crippen molar-refractivity contribution in [2.24, 2.45) is 4.99 Å². The van der Waals surface area contributed by atoms with Crippen LogP contribution in [0.15, 0.2) is 11.2 Å². The summed E-state index contributed by atoms with van der Waals surface area (Å²) in [6.45, 7) is 2.24. The second-order valence-electron chi connectivity index (χ2n) is 2.69. The number of hydrogen-bond acceptors (Lipinski definition) is 4. The minimum atomic E-state index is -0.441. The van der Waals surface area contributed by atoms with E-state index in [9.17, 15) is 4.39 Å². The molecule has 1 rings (SSSR count). The van der Waals surface area contributed by atoms with Crippen LogP contribution in [0.2, 0.25) is 0 Å². The molecule has 74 valence electrons. The third kappa shape index (κ3) is 2.78. The lowest BCUT2D eigenvalue weighted by Gasteiger charge is -2.15. The average Bonchev–Trinajstić information content (AvgIpc) is 2.51. The molecule has 1 aromatic heterocycles. The van der Waals surface area contributed by atoms with Crippen LogP contribution in [0.4, 0.5) is 4.39 Å². The Kier molecular flexibility index (Phi) is 3.54. The Morgan fingerprint density at radius 2 is 2.57 bits per heavy atom. The topological polar surface area (TPSA) is 52.3 Å². The van der Waals surface area contributed by atoms with Gasteiger partial charge in [0, 0.05) is 18.1 Å². The summed E-state index contributed by atoms with van der Waals surface area (Å²) in [5.74, 6) is 0.598. The highest BCUT2D eigenvalue weighted by molar-refractivity contribution is 7.09. The quantitative estimate of drug-likeness (QED) is 0.425. The van der Waals surface area contributed by atoms with Gasteiger partial charge in [-0.25, -0.2) is 4.98 Å². The van der Waals surface area contributed by atoms with Crippen molar-refractivity contribution < 1.29 is 4.39 Å². The van der Waals surface area contributed by atoms with Gasteiger partial charge in [-0.05, 0) is 6.92 Å². The van der Waals surface area contributed by atoms with Gasteiger partial charge in [0.15, 0.2) is 0 Å². The van der Waals surface area contributed by atoms with Crippen LogP contribution >= 0.6 is 11.3 Å². The highest BCUT2D eigenvalue weighted by Crippen LogP contribution is 2.12. The number of rotatable bonds is 2. The zero-order valence-corrected chi connectivity index (χ0v) is 8.68. The van der Waals surface area contributed by atoms with Crippen LogP contribution in [0.3, 0.4) is 0 Å². The Morgan fingerprint density at radius 3 is 3.07 bits per heavy atom. The van der Waals surface area contributed by atoms with Crippen LogP contribution in [0.1, 0.15) is 11.8 Å². The number of nitriles is 1. The Hall–Kier alpha value is -1.48. The summed E-state index contributed by atoms with van der Waals surface area (Å²) in [5.41, 5.74) is 0. The molecule has 0 unspecified atom stereocenters. The standard InChI is InChI=1S/C8H9FN4S/c1-6(12-5-10)13(2)4-7-3-11-8(9)14-7/h3H,4H2,1-2H3. The Morgan fingerprint density at radius 1 is 1.86 bits per heavy atom. The first-order valence-corrected chi connectivity index (χ1v) is 4.70. The van der Waals surface area contributed by atoms with Gasteiger partial charge in [0.25, 0.3) is 5.26 Å². The van der Waals surface area contributed by atoms with Crippen molar-refractivity contribution in [3.05, 3.63) is 16.3 Å². The van der Waals surface area contributed by atoms with E-state index in [0.29, 0.717) is 12.4 Å². The predicted octanol–water partition coefficient (Wildman–Crippen LogP) is 1.61. The first-order valence-electron chi connectivity index (χ1n) is 3.88. The molecular weight excluding hydrogens is 203 g/mol. The first-order chi connectivity index (χ1) is 6.63. The lowest BCUT2D eigenvalue weighted by molar-refractivity contribution is 0.502. The zero-order valence-electron chi connectivity index (χ0n) is 7.86. The Balaban J connectivity index is 2.62. The molecule has 0 amide bonds. The second kappa shape index (κ2) is 4.67. The van der Waals surface area contributed by atoms with Crippen molar-refractivity contribution in [2.75, 3.05) is 7.05 Å². The van der Waals surface area contributed by atoms with Crippen LogP contribution in [-0.4, -0.2) is 22.8 Å². The van der Waals surface area contributed by atoms with Crippen molar-refractivity contribution in [3.8, 4) is 6.19 Å². The van der Waals surface area contributed by atoms with Crippen molar-refractivity contribution in [2.45, 2.75) is 13.5 Å². The maximum Gasteiger partial charge on any atom is 0.269 e. The van der Waals surface area contributed by atoms with E-state index in [2.05, 4.69) is 9.98 Å². The fraction of sp³-hybridized carbons (Fsp3) is 0.375. The molecule has 0 aliphatic heterocycles. The molecule has 0 aliphatic rings. The third-order valence-corrected chi connectivity index (χ3v) is 2.45. The van der Waals surface area contributed by atoms with Crippen LogP contribution in [-0.2, 0) is 6.54 Å². The lowest BCUT2D eigenvalue weighted by Crippen LogP contribution is -2.22. The number of hydrogen-bond donors (Lipinski definition) is 0. The third-order valence-electron chi connectivity index (χ3n) is 1.68. The fourth-order valence-electron chi connectivity index (χ4n) is 0.863. The predicted molar refractivity (Wildman–Crippen MR) is 52.3 cm³/mol. The molecule has 4 nitrogen and oxygen atoms in total. The first kappa shape index (κ1) is 10.6. The van der Waals surface area contributed by atoms with Gasteiger partial charge in [-0.1, -0.05) is 11.3 Å². The van der Waals surface area contributed by atoms with Gasteiger partial charge in [-0.2, -0.15) is 14.6 Å². The van der Waals surface area contributed by atoms with E-state index in [4.69, 9.17) is 5.26 Å². The fourth-order valence-corrected chi connectivity index (χ4v) is 1.55. The number of halogens is 1. The van der Waals surface area contributed by atoms with Gasteiger partial charge in [-0.3, -0.25) is 0 Å². The number of thiazole rings is 1. The Bertz CT molecular complexity index is 379. The van der Waals surface area contributed by atoms with Gasteiger partial charge < -0.3 is 4.90 Å². The summed E-state index contributed by atoms with van der Waals surface area (Å²) in [7, 11) is 1.79. The van der Waals surface area contributed by atoms with Crippen molar-refractivity contribution in [1.82, 2.24) is 9.88 Å². The van der Waals surface area contributed by atoms with Gasteiger partial charge in [-0.15, -0.1) is 0 Å². The summed E-state index contributed by atoms with van der Waals surface area (Å²) < 4.78 is 12.5. The van der Waals surface area contributed by atoms with Crippen LogP contribution in [0.25, 0.3) is 0 Å². The Labute approximate surface area is 85.3 Å². The summed E-state index contributed by atoms with van der Waals surface area (Å²) in [6, 6.07) is 0. The van der Waals surface area contributed by atoms with Crippen molar-refractivity contribution in [3.63, 3.8) is 0 Å². The van der Waals surface area contributed by atoms with E-state index in [1.807, 2.05) is 0 Å². The molecule has 0 atom stereocenters. The molecule has 0 bridgehead atoms. The SMILES string of the molecule is CC(=NC#N)N(C)Cc1cnc(F)s1. The highest BCUT2D eigenvalue weighted by atomic mass is 32.1. The molecule has 14 heavy (non-hydrogen) atoms. The van der Waals surface area contributed by atoms with E-state index in [1.54, 1.807) is 25.1 Å². The molecule has 0 saturated heterocycles. The summed E-state index contributed by atoms with van der Waals surface area (Å²) in [5, 5.41) is 7.88. The van der Waals surface area contributed by atoms with Gasteiger partial charge in [0.1, 0.15) is 5.84 Å². The van der Waals surface area contributed by atoms with Crippen molar-refractivity contribution >= 4 is 17.2 Å². The summed E-state index contributed by atoms with van der Waals surface area (Å²) in [4.78, 5) is 9.62. The number of amidine groups is 1. The second-order valence-corrected chi connectivity index (χ2v) is 3.76. The summed E-state index contributed by atoms with van der Waals surface area (Å²) >= 11 is 0.994. The smallest absolute Gasteiger partial charge is 0.269 e. The number of aromatic nitrogens is 1. The lowest BCUT2D eigenvalue weighted by atomic mass is 10.4. The van der Waals surface area contributed by atoms with Crippen LogP contribution in [0, 0.1) is 16.7 Å². The molecule has 0 aromatic carbocycles. The minimum Gasteiger partial charge on any atom is -0.357 e. The minimum absolute atomic E-state index is 0.441. The molecule has 0 fully saturated rings. The van der Waals surface area contributed by atoms with Gasteiger partial charge >= 0.3 is 0 Å². The molecule has 0 spiro atoms. The van der Waals surface area contributed by atoms with E-state index < -0.39 is 5.26 Å².